The Morgan fingerprint density at radius 2 is 2.10 bits per heavy atom. The number of carbonyl (C=O) groups is 2. The van der Waals surface area contributed by atoms with Crippen molar-refractivity contribution in [3.8, 4) is 0 Å². The van der Waals surface area contributed by atoms with Crippen molar-refractivity contribution < 1.29 is 19.1 Å². The van der Waals surface area contributed by atoms with Gasteiger partial charge in [-0.25, -0.2) is 14.0 Å². The van der Waals surface area contributed by atoms with Crippen LogP contribution in [0.15, 0.2) is 35.0 Å². The molecule has 7 heteroatoms. The van der Waals surface area contributed by atoms with E-state index in [2.05, 4.69) is 10.6 Å². The van der Waals surface area contributed by atoms with E-state index >= 15 is 0 Å². The third kappa shape index (κ3) is 3.55. The number of urea groups is 1. The number of carboxylic acids is 1. The minimum absolute atomic E-state index is 0.0433. The first-order valence-corrected chi connectivity index (χ1v) is 6.59. The van der Waals surface area contributed by atoms with Gasteiger partial charge in [0.2, 0.25) is 0 Å². The van der Waals surface area contributed by atoms with E-state index in [1.165, 1.54) is 17.4 Å². The van der Waals surface area contributed by atoms with Gasteiger partial charge in [0.15, 0.2) is 0 Å². The summed E-state index contributed by atoms with van der Waals surface area (Å²) in [7, 11) is 0. The smallest absolute Gasteiger partial charge is 0.337 e. The zero-order valence-electron chi connectivity index (χ0n) is 10.2. The van der Waals surface area contributed by atoms with E-state index in [4.69, 9.17) is 5.11 Å². The van der Waals surface area contributed by atoms with Crippen molar-refractivity contribution >= 4 is 29.0 Å². The lowest BCUT2D eigenvalue weighted by atomic mass is 10.2. The molecule has 0 saturated heterocycles. The summed E-state index contributed by atoms with van der Waals surface area (Å²) in [5, 5.41) is 17.7. The van der Waals surface area contributed by atoms with Crippen LogP contribution < -0.4 is 10.6 Å². The first-order valence-electron chi connectivity index (χ1n) is 5.65. The van der Waals surface area contributed by atoms with Crippen molar-refractivity contribution in [2.45, 2.75) is 6.54 Å². The van der Waals surface area contributed by atoms with Gasteiger partial charge in [0.05, 0.1) is 11.3 Å². The van der Waals surface area contributed by atoms with Crippen LogP contribution in [0.5, 0.6) is 0 Å². The molecule has 0 bridgehead atoms. The Kier molecular flexibility index (Phi) is 4.31. The first-order chi connectivity index (χ1) is 9.56. The lowest BCUT2D eigenvalue weighted by Crippen LogP contribution is -2.28. The van der Waals surface area contributed by atoms with Crippen molar-refractivity contribution in [1.82, 2.24) is 5.32 Å². The lowest BCUT2D eigenvalue weighted by molar-refractivity contribution is 0.0697. The molecule has 5 nitrogen and oxygen atoms in total. The van der Waals surface area contributed by atoms with Crippen LogP contribution in [0.1, 0.15) is 15.9 Å². The number of benzene rings is 1. The number of thiophene rings is 1. The summed E-state index contributed by atoms with van der Waals surface area (Å²) in [6.45, 7) is 0.332. The molecular formula is C13H11FN2O3S. The topological polar surface area (TPSA) is 78.4 Å². The molecule has 1 aromatic heterocycles. The van der Waals surface area contributed by atoms with E-state index in [1.54, 1.807) is 0 Å². The lowest BCUT2D eigenvalue weighted by Gasteiger charge is -2.09. The fourth-order valence-electron chi connectivity index (χ4n) is 1.54. The van der Waals surface area contributed by atoms with Crippen molar-refractivity contribution in [2.75, 3.05) is 5.32 Å². The Hall–Kier alpha value is -2.41. The molecular weight excluding hydrogens is 283 g/mol. The van der Waals surface area contributed by atoms with E-state index < -0.39 is 17.8 Å². The maximum Gasteiger partial charge on any atom is 0.337 e. The molecule has 0 radical (unpaired) electrons. The number of aromatic carboxylic acids is 1. The largest absolute Gasteiger partial charge is 0.478 e. The Balaban J connectivity index is 2.02. The second-order valence-corrected chi connectivity index (χ2v) is 4.71. The van der Waals surface area contributed by atoms with Crippen molar-refractivity contribution in [2.24, 2.45) is 0 Å². The SMILES string of the molecule is O=C(NCc1ccsc1)Nc1ccc(F)cc1C(=O)O. The standard InChI is InChI=1S/C13H11FN2O3S/c14-9-1-2-11(10(5-9)12(17)18)16-13(19)15-6-8-3-4-20-7-8/h1-5,7H,6H2,(H,17,18)(H2,15,16,19). The highest BCUT2D eigenvalue weighted by atomic mass is 32.1. The second kappa shape index (κ2) is 6.16. The molecule has 20 heavy (non-hydrogen) atoms. The molecule has 0 aliphatic heterocycles. The average Bonchev–Trinajstić information content (AvgIpc) is 2.91. The highest BCUT2D eigenvalue weighted by Crippen LogP contribution is 2.17. The summed E-state index contributed by atoms with van der Waals surface area (Å²) in [5.41, 5.74) is 0.695. The molecule has 0 unspecified atom stereocenters. The Morgan fingerprint density at radius 3 is 2.75 bits per heavy atom. The summed E-state index contributed by atoms with van der Waals surface area (Å²) < 4.78 is 13.0. The molecule has 2 aromatic rings. The third-order valence-electron chi connectivity index (χ3n) is 2.49. The van der Waals surface area contributed by atoms with Gasteiger partial charge >= 0.3 is 12.0 Å². The highest BCUT2D eigenvalue weighted by molar-refractivity contribution is 7.07. The zero-order valence-corrected chi connectivity index (χ0v) is 11.0. The number of halogens is 1. The summed E-state index contributed by atoms with van der Waals surface area (Å²) in [6.07, 6.45) is 0. The normalized spacial score (nSPS) is 10.1. The quantitative estimate of drug-likeness (QED) is 0.811. The van der Waals surface area contributed by atoms with Crippen LogP contribution in [-0.2, 0) is 6.54 Å². The van der Waals surface area contributed by atoms with E-state index in [0.717, 1.165) is 17.7 Å². The number of carbonyl (C=O) groups excluding carboxylic acids is 1. The molecule has 0 spiro atoms. The van der Waals surface area contributed by atoms with Gasteiger partial charge in [-0.15, -0.1) is 0 Å². The molecule has 3 N–H and O–H groups in total. The molecule has 0 saturated carbocycles. The third-order valence-corrected chi connectivity index (χ3v) is 3.23. The van der Waals surface area contributed by atoms with Gasteiger partial charge in [-0.1, -0.05) is 0 Å². The van der Waals surface area contributed by atoms with Crippen molar-refractivity contribution in [3.63, 3.8) is 0 Å². The minimum atomic E-state index is -1.31. The Labute approximate surface area is 118 Å². The second-order valence-electron chi connectivity index (χ2n) is 3.93. The van der Waals surface area contributed by atoms with E-state index in [-0.39, 0.29) is 11.3 Å². The van der Waals surface area contributed by atoms with Crippen LogP contribution in [0, 0.1) is 5.82 Å². The van der Waals surface area contributed by atoms with Gasteiger partial charge in [0, 0.05) is 6.54 Å². The minimum Gasteiger partial charge on any atom is -0.478 e. The van der Waals surface area contributed by atoms with Gasteiger partial charge in [-0.2, -0.15) is 11.3 Å². The number of hydrogen-bond donors (Lipinski definition) is 3. The molecule has 2 amide bonds. The fourth-order valence-corrected chi connectivity index (χ4v) is 2.21. The summed E-state index contributed by atoms with van der Waals surface area (Å²) in [5.74, 6) is -1.98. The monoisotopic (exact) mass is 294 g/mol. The van der Waals surface area contributed by atoms with Gasteiger partial charge in [0.25, 0.3) is 0 Å². The van der Waals surface area contributed by atoms with Crippen LogP contribution in [-0.4, -0.2) is 17.1 Å². The molecule has 2 rings (SSSR count). The zero-order chi connectivity index (χ0) is 14.5. The van der Waals surface area contributed by atoms with E-state index in [0.29, 0.717) is 6.54 Å². The molecule has 0 aliphatic carbocycles. The first kappa shape index (κ1) is 14.0. The number of hydrogen-bond acceptors (Lipinski definition) is 3. The van der Waals surface area contributed by atoms with E-state index in [1.807, 2.05) is 16.8 Å². The predicted molar refractivity (Wildman–Crippen MR) is 73.5 cm³/mol. The molecule has 0 atom stereocenters. The van der Waals surface area contributed by atoms with Crippen LogP contribution in [0.3, 0.4) is 0 Å². The molecule has 1 aromatic carbocycles. The van der Waals surface area contributed by atoms with Crippen LogP contribution in [0.4, 0.5) is 14.9 Å². The maximum absolute atomic E-state index is 13.0. The number of rotatable bonds is 4. The highest BCUT2D eigenvalue weighted by Gasteiger charge is 2.13. The average molecular weight is 294 g/mol. The van der Waals surface area contributed by atoms with E-state index in [9.17, 15) is 14.0 Å². The van der Waals surface area contributed by atoms with Gasteiger partial charge in [0.1, 0.15) is 5.82 Å². The van der Waals surface area contributed by atoms with Gasteiger partial charge in [-0.3, -0.25) is 0 Å². The molecule has 0 fully saturated rings. The maximum atomic E-state index is 13.0. The predicted octanol–water partition coefficient (Wildman–Crippen LogP) is 2.91. The van der Waals surface area contributed by atoms with Crippen LogP contribution in [0.2, 0.25) is 0 Å². The number of anilines is 1. The summed E-state index contributed by atoms with van der Waals surface area (Å²) in [4.78, 5) is 22.6. The number of carboxylic acid groups (broad SMARTS) is 1. The summed E-state index contributed by atoms with van der Waals surface area (Å²) >= 11 is 1.51. The summed E-state index contributed by atoms with van der Waals surface area (Å²) in [6, 6.07) is 4.47. The van der Waals surface area contributed by atoms with Crippen molar-refractivity contribution in [3.05, 3.63) is 52.0 Å². The van der Waals surface area contributed by atoms with Crippen molar-refractivity contribution in [1.29, 1.82) is 0 Å². The Morgan fingerprint density at radius 1 is 1.30 bits per heavy atom. The molecule has 1 heterocycles. The Bertz CT molecular complexity index is 629. The van der Waals surface area contributed by atoms with Gasteiger partial charge in [-0.05, 0) is 40.6 Å². The number of amides is 2. The van der Waals surface area contributed by atoms with Crippen LogP contribution in [0.25, 0.3) is 0 Å². The number of nitrogens with one attached hydrogen (secondary N) is 2. The fraction of sp³-hybridized carbons (Fsp3) is 0.0769. The van der Waals surface area contributed by atoms with Gasteiger partial charge < -0.3 is 15.7 Å². The molecule has 104 valence electrons. The molecule has 0 aliphatic rings. The van der Waals surface area contributed by atoms with Crippen LogP contribution >= 0.6 is 11.3 Å².